The zero-order chi connectivity index (χ0) is 11.4. The molecular weight excluding hydrogens is 204 g/mol. The normalized spacial score (nSPS) is 10.0. The molecule has 0 atom stereocenters. The van der Waals surface area contributed by atoms with Gasteiger partial charge in [0.2, 0.25) is 0 Å². The Morgan fingerprint density at radius 3 is 2.25 bits per heavy atom. The molecule has 0 aliphatic carbocycles. The van der Waals surface area contributed by atoms with Gasteiger partial charge in [0.05, 0.1) is 4.92 Å². The van der Waals surface area contributed by atoms with E-state index in [1.165, 1.54) is 12.1 Å². The van der Waals surface area contributed by atoms with Crippen LogP contribution >= 0.6 is 0 Å². The molecule has 2 rings (SSSR count). The van der Waals surface area contributed by atoms with Crippen LogP contribution in [0.3, 0.4) is 0 Å². The average Bonchev–Trinajstić information content (AvgIpc) is 2.31. The number of nitro groups is 1. The molecule has 0 bridgehead atoms. The predicted octanol–water partition coefficient (Wildman–Crippen LogP) is 1.93. The van der Waals surface area contributed by atoms with Gasteiger partial charge >= 0.3 is 0 Å². The molecule has 0 amide bonds. The predicted molar refractivity (Wildman–Crippen MR) is 58.8 cm³/mol. The van der Waals surface area contributed by atoms with Crippen molar-refractivity contribution < 1.29 is 9.49 Å². The maximum absolute atomic E-state index is 10.5. The topological polar surface area (TPSA) is 47.0 Å². The van der Waals surface area contributed by atoms with Crippen molar-refractivity contribution in [2.45, 2.75) is 6.54 Å². The van der Waals surface area contributed by atoms with Crippen LogP contribution in [0.5, 0.6) is 0 Å². The van der Waals surface area contributed by atoms with Crippen LogP contribution in [0.2, 0.25) is 0 Å². The molecule has 0 aliphatic heterocycles. The molecule has 0 aliphatic rings. The van der Waals surface area contributed by atoms with Gasteiger partial charge in [0.15, 0.2) is 18.9 Å². The second kappa shape index (κ2) is 4.53. The molecular formula is C12H11N2O2+. The van der Waals surface area contributed by atoms with Crippen LogP contribution < -0.4 is 4.57 Å². The summed E-state index contributed by atoms with van der Waals surface area (Å²) in [6, 6.07) is 12.5. The van der Waals surface area contributed by atoms with Gasteiger partial charge in [-0.05, 0) is 12.1 Å². The Balaban J connectivity index is 2.14. The van der Waals surface area contributed by atoms with E-state index in [-0.39, 0.29) is 10.6 Å². The van der Waals surface area contributed by atoms with Gasteiger partial charge in [-0.25, -0.2) is 4.57 Å². The van der Waals surface area contributed by atoms with Crippen molar-refractivity contribution in [2.75, 3.05) is 0 Å². The third kappa shape index (κ3) is 2.42. The average molecular weight is 215 g/mol. The summed E-state index contributed by atoms with van der Waals surface area (Å²) in [7, 11) is 0. The Hall–Kier alpha value is -2.23. The minimum atomic E-state index is -0.389. The molecule has 4 nitrogen and oxygen atoms in total. The number of aromatic nitrogens is 1. The number of hydrogen-bond acceptors (Lipinski definition) is 2. The lowest BCUT2D eigenvalue weighted by Gasteiger charge is -1.97. The van der Waals surface area contributed by atoms with Gasteiger partial charge < -0.3 is 0 Å². The quantitative estimate of drug-likeness (QED) is 0.446. The van der Waals surface area contributed by atoms with Gasteiger partial charge in [-0.15, -0.1) is 0 Å². The SMILES string of the molecule is O=[N+]([O-])c1ccc(C[n+]2ccccc2)cc1. The molecule has 4 heteroatoms. The Labute approximate surface area is 92.9 Å². The molecule has 2 aromatic rings. The summed E-state index contributed by atoms with van der Waals surface area (Å²) in [5, 5.41) is 10.5. The minimum absolute atomic E-state index is 0.127. The Kier molecular flexibility index (Phi) is 2.91. The van der Waals surface area contributed by atoms with E-state index in [1.807, 2.05) is 35.2 Å². The van der Waals surface area contributed by atoms with E-state index < -0.39 is 0 Å². The number of rotatable bonds is 3. The van der Waals surface area contributed by atoms with E-state index in [0.29, 0.717) is 0 Å². The van der Waals surface area contributed by atoms with E-state index in [4.69, 9.17) is 0 Å². The molecule has 0 radical (unpaired) electrons. The van der Waals surface area contributed by atoms with E-state index in [9.17, 15) is 10.1 Å². The molecule has 1 aromatic heterocycles. The molecule has 1 aromatic carbocycles. The zero-order valence-electron chi connectivity index (χ0n) is 8.61. The molecule has 0 N–H and O–H groups in total. The van der Waals surface area contributed by atoms with Gasteiger partial charge in [-0.2, -0.15) is 0 Å². The van der Waals surface area contributed by atoms with E-state index in [1.54, 1.807) is 12.1 Å². The number of nitro benzene ring substituents is 1. The van der Waals surface area contributed by atoms with E-state index >= 15 is 0 Å². The number of non-ortho nitro benzene ring substituents is 1. The van der Waals surface area contributed by atoms with Crippen LogP contribution in [-0.2, 0) is 6.54 Å². The number of pyridine rings is 1. The second-order valence-electron chi connectivity index (χ2n) is 3.47. The van der Waals surface area contributed by atoms with E-state index in [0.717, 1.165) is 12.1 Å². The minimum Gasteiger partial charge on any atom is -0.258 e. The van der Waals surface area contributed by atoms with Crippen LogP contribution in [0.15, 0.2) is 54.9 Å². The lowest BCUT2D eigenvalue weighted by Crippen LogP contribution is -2.32. The highest BCUT2D eigenvalue weighted by Crippen LogP contribution is 2.11. The fraction of sp³-hybridized carbons (Fsp3) is 0.0833. The fourth-order valence-corrected chi connectivity index (χ4v) is 1.47. The molecule has 0 unspecified atom stereocenters. The molecule has 1 heterocycles. The van der Waals surface area contributed by atoms with Crippen molar-refractivity contribution in [1.29, 1.82) is 0 Å². The van der Waals surface area contributed by atoms with Gasteiger partial charge in [0.1, 0.15) is 0 Å². The highest BCUT2D eigenvalue weighted by atomic mass is 16.6. The summed E-state index contributed by atoms with van der Waals surface area (Å²) in [4.78, 5) is 10.1. The van der Waals surface area contributed by atoms with Crippen molar-refractivity contribution in [3.8, 4) is 0 Å². The first-order chi connectivity index (χ1) is 7.75. The summed E-state index contributed by atoms with van der Waals surface area (Å²) in [6.07, 6.45) is 3.92. The molecule has 0 fully saturated rings. The highest BCUT2D eigenvalue weighted by Gasteiger charge is 2.06. The smallest absolute Gasteiger partial charge is 0.258 e. The Bertz CT molecular complexity index is 480. The fourth-order valence-electron chi connectivity index (χ4n) is 1.47. The van der Waals surface area contributed by atoms with Crippen molar-refractivity contribution in [3.05, 3.63) is 70.5 Å². The first kappa shape index (κ1) is 10.3. The Morgan fingerprint density at radius 2 is 1.69 bits per heavy atom. The Morgan fingerprint density at radius 1 is 1.06 bits per heavy atom. The summed E-state index contributed by atoms with van der Waals surface area (Å²) < 4.78 is 2.02. The van der Waals surface area contributed by atoms with Crippen molar-refractivity contribution in [2.24, 2.45) is 0 Å². The van der Waals surface area contributed by atoms with Crippen molar-refractivity contribution in [3.63, 3.8) is 0 Å². The van der Waals surface area contributed by atoms with Gasteiger partial charge in [0, 0.05) is 29.8 Å². The van der Waals surface area contributed by atoms with Crippen LogP contribution in [0.4, 0.5) is 5.69 Å². The first-order valence-electron chi connectivity index (χ1n) is 4.93. The lowest BCUT2D eigenvalue weighted by molar-refractivity contribution is -0.688. The monoisotopic (exact) mass is 215 g/mol. The number of benzene rings is 1. The van der Waals surface area contributed by atoms with Gasteiger partial charge in [-0.3, -0.25) is 10.1 Å². The maximum atomic E-state index is 10.5. The van der Waals surface area contributed by atoms with Crippen LogP contribution in [-0.4, -0.2) is 4.92 Å². The molecule has 0 saturated heterocycles. The lowest BCUT2D eigenvalue weighted by atomic mass is 10.2. The third-order valence-electron chi connectivity index (χ3n) is 2.29. The van der Waals surface area contributed by atoms with Crippen LogP contribution in [0.1, 0.15) is 5.56 Å². The maximum Gasteiger partial charge on any atom is 0.269 e. The van der Waals surface area contributed by atoms with Gasteiger partial charge in [0.25, 0.3) is 5.69 Å². The number of hydrogen-bond donors (Lipinski definition) is 0. The van der Waals surface area contributed by atoms with Crippen molar-refractivity contribution in [1.82, 2.24) is 0 Å². The summed E-state index contributed by atoms with van der Waals surface area (Å²) in [5.41, 5.74) is 1.17. The third-order valence-corrected chi connectivity index (χ3v) is 2.29. The molecule has 0 spiro atoms. The van der Waals surface area contributed by atoms with Crippen molar-refractivity contribution >= 4 is 5.69 Å². The summed E-state index contributed by atoms with van der Waals surface area (Å²) >= 11 is 0. The highest BCUT2D eigenvalue weighted by molar-refractivity contribution is 5.32. The first-order valence-corrected chi connectivity index (χ1v) is 4.93. The second-order valence-corrected chi connectivity index (χ2v) is 3.47. The van der Waals surface area contributed by atoms with Gasteiger partial charge in [-0.1, -0.05) is 6.07 Å². The standard InChI is InChI=1S/C12H11N2O2/c15-14(16)12-6-4-11(5-7-12)10-13-8-2-1-3-9-13/h1-9H,10H2/q+1. The number of nitrogens with zero attached hydrogens (tertiary/aromatic N) is 2. The molecule has 16 heavy (non-hydrogen) atoms. The summed E-state index contributed by atoms with van der Waals surface area (Å²) in [6.45, 7) is 0.721. The zero-order valence-corrected chi connectivity index (χ0v) is 8.61. The largest absolute Gasteiger partial charge is 0.269 e. The van der Waals surface area contributed by atoms with E-state index in [2.05, 4.69) is 0 Å². The molecule has 0 saturated carbocycles. The molecule has 80 valence electrons. The summed E-state index contributed by atoms with van der Waals surface area (Å²) in [5.74, 6) is 0. The van der Waals surface area contributed by atoms with Crippen LogP contribution in [0.25, 0.3) is 0 Å². The van der Waals surface area contributed by atoms with Crippen LogP contribution in [0, 0.1) is 10.1 Å².